The molecule has 0 unspecified atom stereocenters. The first-order chi connectivity index (χ1) is 9.69. The smallest absolute Gasteiger partial charge is 0.412 e. The summed E-state index contributed by atoms with van der Waals surface area (Å²) in [7, 11) is 0. The zero-order valence-electron chi connectivity index (χ0n) is 12.0. The van der Waals surface area contributed by atoms with E-state index in [2.05, 4.69) is 0 Å². The number of nitrogens with zero attached hydrogens (tertiary/aromatic N) is 1. The van der Waals surface area contributed by atoms with Crippen LogP contribution in [0.15, 0.2) is 30.3 Å². The Bertz CT molecular complexity index is 419. The maximum Gasteiger partial charge on any atom is 0.412 e. The Kier molecular flexibility index (Phi) is 7.17. The minimum Gasteiger partial charge on any atom is -0.450 e. The van der Waals surface area contributed by atoms with Crippen molar-refractivity contribution in [3.63, 3.8) is 0 Å². The molecule has 20 heavy (non-hydrogen) atoms. The van der Waals surface area contributed by atoms with Crippen LogP contribution in [-0.4, -0.2) is 36.8 Å². The van der Waals surface area contributed by atoms with Crippen molar-refractivity contribution in [2.45, 2.75) is 26.7 Å². The van der Waals surface area contributed by atoms with E-state index in [0.717, 1.165) is 12.8 Å². The summed E-state index contributed by atoms with van der Waals surface area (Å²) in [6.07, 6.45) is 1.33. The number of unbranched alkanes of at least 4 members (excludes halogenated alkanes) is 1. The predicted molar refractivity (Wildman–Crippen MR) is 75.4 cm³/mol. The molecule has 0 aliphatic rings. The molecular weight excluding hydrogens is 258 g/mol. The van der Waals surface area contributed by atoms with E-state index in [0.29, 0.717) is 18.7 Å². The minimum absolute atomic E-state index is 0.0907. The van der Waals surface area contributed by atoms with Crippen molar-refractivity contribution < 1.29 is 19.1 Å². The first kappa shape index (κ1) is 16.0. The third-order valence-corrected chi connectivity index (χ3v) is 2.67. The Labute approximate surface area is 119 Å². The number of benzene rings is 1. The summed E-state index contributed by atoms with van der Waals surface area (Å²) in [5.74, 6) is -0.448. The van der Waals surface area contributed by atoms with Gasteiger partial charge in [0.05, 0.1) is 12.2 Å². The zero-order valence-corrected chi connectivity index (χ0v) is 12.0. The van der Waals surface area contributed by atoms with Gasteiger partial charge in [0.25, 0.3) is 0 Å². The normalized spacial score (nSPS) is 9.90. The molecular formula is C15H21NO4. The lowest BCUT2D eigenvalue weighted by molar-refractivity contribution is 0.0185. The van der Waals surface area contributed by atoms with E-state index in [1.54, 1.807) is 31.2 Å². The molecule has 0 fully saturated rings. The summed E-state index contributed by atoms with van der Waals surface area (Å²) in [4.78, 5) is 24.9. The number of carbonyl (C=O) groups excluding carboxylic acids is 2. The van der Waals surface area contributed by atoms with Gasteiger partial charge in [0.1, 0.15) is 0 Å². The van der Waals surface area contributed by atoms with Gasteiger partial charge in [-0.05, 0) is 25.5 Å². The van der Waals surface area contributed by atoms with Crippen molar-refractivity contribution in [2.24, 2.45) is 0 Å². The van der Waals surface area contributed by atoms with Gasteiger partial charge in [0, 0.05) is 6.54 Å². The molecule has 5 nitrogen and oxygen atoms in total. The van der Waals surface area contributed by atoms with Gasteiger partial charge in [0.2, 0.25) is 0 Å². The van der Waals surface area contributed by atoms with Gasteiger partial charge in [0.15, 0.2) is 6.73 Å². The van der Waals surface area contributed by atoms with Gasteiger partial charge in [-0.3, -0.25) is 4.90 Å². The standard InChI is InChI=1S/C15H21NO4/c1-3-5-11-16(15(18)19-4-2)12-20-14(17)13-9-7-6-8-10-13/h6-10H,3-5,11-12H2,1-2H3. The average molecular weight is 279 g/mol. The second-order valence-electron chi connectivity index (χ2n) is 4.24. The van der Waals surface area contributed by atoms with E-state index >= 15 is 0 Å². The lowest BCUT2D eigenvalue weighted by Gasteiger charge is -2.21. The first-order valence-electron chi connectivity index (χ1n) is 6.82. The third-order valence-electron chi connectivity index (χ3n) is 2.67. The maximum atomic E-state index is 11.8. The van der Waals surface area contributed by atoms with Crippen LogP contribution in [0.25, 0.3) is 0 Å². The largest absolute Gasteiger partial charge is 0.450 e. The second kappa shape index (κ2) is 8.96. The summed E-state index contributed by atoms with van der Waals surface area (Å²) in [6.45, 7) is 4.49. The van der Waals surface area contributed by atoms with E-state index in [4.69, 9.17) is 9.47 Å². The van der Waals surface area contributed by atoms with Crippen LogP contribution in [0.3, 0.4) is 0 Å². The second-order valence-corrected chi connectivity index (χ2v) is 4.24. The monoisotopic (exact) mass is 279 g/mol. The van der Waals surface area contributed by atoms with Gasteiger partial charge < -0.3 is 9.47 Å². The van der Waals surface area contributed by atoms with E-state index in [1.165, 1.54) is 4.90 Å². The maximum absolute atomic E-state index is 11.8. The van der Waals surface area contributed by atoms with Crippen LogP contribution in [0.1, 0.15) is 37.0 Å². The lowest BCUT2D eigenvalue weighted by atomic mass is 10.2. The average Bonchev–Trinajstić information content (AvgIpc) is 2.48. The fourth-order valence-corrected chi connectivity index (χ4v) is 1.57. The molecule has 0 aliphatic heterocycles. The highest BCUT2D eigenvalue weighted by Crippen LogP contribution is 2.04. The minimum atomic E-state index is -0.457. The molecule has 0 saturated carbocycles. The van der Waals surface area contributed by atoms with Crippen molar-refractivity contribution in [3.8, 4) is 0 Å². The Morgan fingerprint density at radius 1 is 1.10 bits per heavy atom. The van der Waals surface area contributed by atoms with E-state index in [9.17, 15) is 9.59 Å². The molecule has 0 N–H and O–H groups in total. The number of amides is 1. The molecule has 5 heteroatoms. The van der Waals surface area contributed by atoms with Crippen LogP contribution in [0, 0.1) is 0 Å². The van der Waals surface area contributed by atoms with Crippen molar-refractivity contribution in [3.05, 3.63) is 35.9 Å². The van der Waals surface area contributed by atoms with Crippen LogP contribution < -0.4 is 0 Å². The van der Waals surface area contributed by atoms with Gasteiger partial charge >= 0.3 is 12.1 Å². The van der Waals surface area contributed by atoms with E-state index in [1.807, 2.05) is 13.0 Å². The van der Waals surface area contributed by atoms with Crippen LogP contribution in [0.4, 0.5) is 4.79 Å². The van der Waals surface area contributed by atoms with Crippen molar-refractivity contribution in [2.75, 3.05) is 19.9 Å². The summed E-state index contributed by atoms with van der Waals surface area (Å²) in [5.41, 5.74) is 0.465. The lowest BCUT2D eigenvalue weighted by Crippen LogP contribution is -2.35. The van der Waals surface area contributed by atoms with Gasteiger partial charge in [-0.1, -0.05) is 31.5 Å². The Morgan fingerprint density at radius 2 is 1.80 bits per heavy atom. The number of ether oxygens (including phenoxy) is 2. The molecule has 1 rings (SSSR count). The SMILES string of the molecule is CCCCN(COC(=O)c1ccccc1)C(=O)OCC. The highest BCUT2D eigenvalue weighted by molar-refractivity contribution is 5.89. The summed E-state index contributed by atoms with van der Waals surface area (Å²) < 4.78 is 10.1. The Balaban J connectivity index is 2.52. The predicted octanol–water partition coefficient (Wildman–Crippen LogP) is 3.06. The number of hydrogen-bond donors (Lipinski definition) is 0. The van der Waals surface area contributed by atoms with Gasteiger partial charge in [-0.2, -0.15) is 0 Å². The first-order valence-corrected chi connectivity index (χ1v) is 6.82. The van der Waals surface area contributed by atoms with Gasteiger partial charge in [-0.25, -0.2) is 9.59 Å². The molecule has 0 aromatic heterocycles. The quantitative estimate of drug-likeness (QED) is 0.568. The zero-order chi connectivity index (χ0) is 14.8. The number of hydrogen-bond acceptors (Lipinski definition) is 4. The molecule has 0 aliphatic carbocycles. The molecule has 0 heterocycles. The van der Waals surface area contributed by atoms with Crippen LogP contribution in [-0.2, 0) is 9.47 Å². The molecule has 0 atom stereocenters. The number of esters is 1. The summed E-state index contributed by atoms with van der Waals surface area (Å²) >= 11 is 0. The summed E-state index contributed by atoms with van der Waals surface area (Å²) in [6, 6.07) is 8.68. The van der Waals surface area contributed by atoms with Gasteiger partial charge in [-0.15, -0.1) is 0 Å². The van der Waals surface area contributed by atoms with Crippen LogP contribution in [0.5, 0.6) is 0 Å². The highest BCUT2D eigenvalue weighted by Gasteiger charge is 2.16. The number of carbonyl (C=O) groups is 2. The molecule has 0 saturated heterocycles. The fourth-order valence-electron chi connectivity index (χ4n) is 1.57. The van der Waals surface area contributed by atoms with E-state index in [-0.39, 0.29) is 6.73 Å². The summed E-state index contributed by atoms with van der Waals surface area (Å²) in [5, 5.41) is 0. The fraction of sp³-hybridized carbons (Fsp3) is 0.467. The molecule has 0 radical (unpaired) electrons. The van der Waals surface area contributed by atoms with E-state index < -0.39 is 12.1 Å². The molecule has 1 aromatic rings. The van der Waals surface area contributed by atoms with Crippen molar-refractivity contribution in [1.82, 2.24) is 4.90 Å². The Morgan fingerprint density at radius 3 is 2.40 bits per heavy atom. The molecule has 110 valence electrons. The topological polar surface area (TPSA) is 55.8 Å². The van der Waals surface area contributed by atoms with Crippen molar-refractivity contribution in [1.29, 1.82) is 0 Å². The third kappa shape index (κ3) is 5.30. The van der Waals surface area contributed by atoms with Crippen LogP contribution in [0.2, 0.25) is 0 Å². The highest BCUT2D eigenvalue weighted by atomic mass is 16.6. The molecule has 1 amide bonds. The molecule has 1 aromatic carbocycles. The Hall–Kier alpha value is -2.04. The number of rotatable bonds is 7. The molecule has 0 spiro atoms. The molecule has 0 bridgehead atoms. The van der Waals surface area contributed by atoms with Crippen LogP contribution >= 0.6 is 0 Å². The van der Waals surface area contributed by atoms with Crippen molar-refractivity contribution >= 4 is 12.1 Å².